The van der Waals surface area contributed by atoms with Crippen molar-refractivity contribution in [2.75, 3.05) is 17.6 Å². The number of hydrogen-bond donors (Lipinski definition) is 3. The van der Waals surface area contributed by atoms with E-state index in [4.69, 9.17) is 17.3 Å². The highest BCUT2D eigenvalue weighted by atomic mass is 35.5. The summed E-state index contributed by atoms with van der Waals surface area (Å²) in [7, 11) is 0. The molecule has 0 radical (unpaired) electrons. The second-order valence-electron chi connectivity index (χ2n) is 6.23. The number of benzene rings is 1. The summed E-state index contributed by atoms with van der Waals surface area (Å²) in [6, 6.07) is 7.81. The van der Waals surface area contributed by atoms with Gasteiger partial charge in [0.2, 0.25) is 5.95 Å². The molecular weight excluding hydrogens is 352 g/mol. The van der Waals surface area contributed by atoms with E-state index in [0.29, 0.717) is 29.5 Å². The molecule has 7 nitrogen and oxygen atoms in total. The van der Waals surface area contributed by atoms with Crippen molar-refractivity contribution in [2.45, 2.75) is 38.6 Å². The SMILES string of the molecule is CCCCCNc1nc(N)c2[nH]c(=O)n(Cc3ccc(CCl)cc3)c2n1. The number of imidazole rings is 1. The Morgan fingerprint density at radius 2 is 1.92 bits per heavy atom. The average Bonchev–Trinajstić information content (AvgIpc) is 2.96. The van der Waals surface area contributed by atoms with Gasteiger partial charge in [-0.3, -0.25) is 4.57 Å². The number of nitrogen functional groups attached to an aromatic ring is 1. The fraction of sp³-hybridized carbons (Fsp3) is 0.389. The zero-order chi connectivity index (χ0) is 18.5. The number of nitrogens with one attached hydrogen (secondary N) is 2. The highest BCUT2D eigenvalue weighted by Crippen LogP contribution is 2.18. The van der Waals surface area contributed by atoms with Crippen molar-refractivity contribution in [1.29, 1.82) is 0 Å². The van der Waals surface area contributed by atoms with Crippen LogP contribution in [0.2, 0.25) is 0 Å². The number of fused-ring (bicyclic) bond motifs is 1. The smallest absolute Gasteiger partial charge is 0.328 e. The maximum absolute atomic E-state index is 12.4. The van der Waals surface area contributed by atoms with Crippen LogP contribution in [0.1, 0.15) is 37.3 Å². The topological polar surface area (TPSA) is 102 Å². The minimum absolute atomic E-state index is 0.259. The Hall–Kier alpha value is -2.54. The molecule has 138 valence electrons. The first-order valence-electron chi connectivity index (χ1n) is 8.76. The molecule has 4 N–H and O–H groups in total. The van der Waals surface area contributed by atoms with Crippen LogP contribution in [0.5, 0.6) is 0 Å². The van der Waals surface area contributed by atoms with Crippen molar-refractivity contribution in [1.82, 2.24) is 19.5 Å². The van der Waals surface area contributed by atoms with Crippen LogP contribution in [-0.2, 0) is 12.4 Å². The Bertz CT molecular complexity index is 931. The summed E-state index contributed by atoms with van der Waals surface area (Å²) in [5.74, 6) is 1.17. The quantitative estimate of drug-likeness (QED) is 0.415. The first-order chi connectivity index (χ1) is 12.6. The normalized spacial score (nSPS) is 11.2. The number of alkyl halides is 1. The van der Waals surface area contributed by atoms with Gasteiger partial charge in [-0.05, 0) is 17.5 Å². The average molecular weight is 375 g/mol. The van der Waals surface area contributed by atoms with Crippen molar-refractivity contribution in [2.24, 2.45) is 0 Å². The lowest BCUT2D eigenvalue weighted by Crippen LogP contribution is -2.18. The number of nitrogens with two attached hydrogens (primary N) is 1. The van der Waals surface area contributed by atoms with Crippen LogP contribution in [-0.4, -0.2) is 26.1 Å². The molecular formula is C18H23ClN6O. The van der Waals surface area contributed by atoms with E-state index in [1.54, 1.807) is 4.57 Å². The predicted octanol–water partition coefficient (Wildman–Crippen LogP) is 3.09. The predicted molar refractivity (Wildman–Crippen MR) is 106 cm³/mol. The molecule has 0 aliphatic carbocycles. The Morgan fingerprint density at radius 1 is 1.19 bits per heavy atom. The molecule has 8 heteroatoms. The van der Waals surface area contributed by atoms with E-state index in [0.717, 1.165) is 36.9 Å². The molecule has 3 aromatic rings. The minimum atomic E-state index is -0.259. The van der Waals surface area contributed by atoms with Crippen LogP contribution in [0.4, 0.5) is 11.8 Å². The molecule has 0 atom stereocenters. The number of halogens is 1. The number of hydrogen-bond acceptors (Lipinski definition) is 5. The fourth-order valence-corrected chi connectivity index (χ4v) is 2.95. The summed E-state index contributed by atoms with van der Waals surface area (Å²) < 4.78 is 1.57. The fourth-order valence-electron chi connectivity index (χ4n) is 2.77. The second kappa shape index (κ2) is 8.23. The maximum Gasteiger partial charge on any atom is 0.328 e. The van der Waals surface area contributed by atoms with E-state index in [2.05, 4.69) is 27.2 Å². The standard InChI is InChI=1S/C18H23ClN6O/c1-2-3-4-9-21-17-23-15(20)14-16(24-17)25(18(26)22-14)11-13-7-5-12(10-19)6-8-13/h5-8H,2-4,9-11H2,1H3,(H,22,26)(H3,20,21,23,24). The van der Waals surface area contributed by atoms with Crippen LogP contribution in [0.25, 0.3) is 11.2 Å². The van der Waals surface area contributed by atoms with Crippen LogP contribution < -0.4 is 16.7 Å². The molecule has 1 aromatic carbocycles. The van der Waals surface area contributed by atoms with Crippen LogP contribution in [0.3, 0.4) is 0 Å². The molecule has 0 aliphatic rings. The third kappa shape index (κ3) is 3.99. The van der Waals surface area contributed by atoms with Gasteiger partial charge >= 0.3 is 5.69 Å². The molecule has 0 aliphatic heterocycles. The summed E-state index contributed by atoms with van der Waals surface area (Å²) in [5.41, 5.74) is 8.74. The molecule has 0 bridgehead atoms. The number of rotatable bonds is 8. The van der Waals surface area contributed by atoms with E-state index >= 15 is 0 Å². The van der Waals surface area contributed by atoms with Crippen molar-refractivity contribution in [3.05, 3.63) is 45.9 Å². The third-order valence-corrected chi connectivity index (χ3v) is 4.54. The van der Waals surface area contributed by atoms with Gasteiger partial charge in [-0.1, -0.05) is 44.0 Å². The van der Waals surface area contributed by atoms with Gasteiger partial charge in [0.1, 0.15) is 5.52 Å². The van der Waals surface area contributed by atoms with E-state index in [-0.39, 0.29) is 11.5 Å². The van der Waals surface area contributed by atoms with Crippen LogP contribution >= 0.6 is 11.6 Å². The van der Waals surface area contributed by atoms with Gasteiger partial charge in [0, 0.05) is 12.4 Å². The lowest BCUT2D eigenvalue weighted by atomic mass is 10.1. The number of nitrogens with zero attached hydrogens (tertiary/aromatic N) is 3. The van der Waals surface area contributed by atoms with Crippen molar-refractivity contribution in [3.8, 4) is 0 Å². The Morgan fingerprint density at radius 3 is 2.62 bits per heavy atom. The number of H-pyrrole nitrogens is 1. The van der Waals surface area contributed by atoms with E-state index in [9.17, 15) is 4.79 Å². The molecule has 2 aromatic heterocycles. The molecule has 2 heterocycles. The summed E-state index contributed by atoms with van der Waals surface area (Å²) >= 11 is 5.82. The molecule has 0 unspecified atom stereocenters. The summed E-state index contributed by atoms with van der Waals surface area (Å²) in [6.45, 7) is 3.32. The maximum atomic E-state index is 12.4. The van der Waals surface area contributed by atoms with E-state index < -0.39 is 0 Å². The Labute approximate surface area is 156 Å². The number of aromatic nitrogens is 4. The van der Waals surface area contributed by atoms with E-state index in [1.807, 2.05) is 24.3 Å². The summed E-state index contributed by atoms with van der Waals surface area (Å²) in [6.07, 6.45) is 3.31. The van der Waals surface area contributed by atoms with Crippen molar-refractivity contribution >= 4 is 34.5 Å². The van der Waals surface area contributed by atoms with Gasteiger partial charge in [0.05, 0.1) is 6.54 Å². The number of anilines is 2. The van der Waals surface area contributed by atoms with Crippen LogP contribution in [0.15, 0.2) is 29.1 Å². The number of aromatic amines is 1. The van der Waals surface area contributed by atoms with Gasteiger partial charge in [-0.15, -0.1) is 11.6 Å². The molecule has 0 saturated carbocycles. The molecule has 0 amide bonds. The third-order valence-electron chi connectivity index (χ3n) is 4.23. The number of unbranched alkanes of at least 4 members (excludes halogenated alkanes) is 2. The van der Waals surface area contributed by atoms with Gasteiger partial charge in [-0.25, -0.2) is 4.79 Å². The van der Waals surface area contributed by atoms with Crippen LogP contribution in [0, 0.1) is 0 Å². The van der Waals surface area contributed by atoms with Gasteiger partial charge < -0.3 is 16.0 Å². The second-order valence-corrected chi connectivity index (χ2v) is 6.50. The largest absolute Gasteiger partial charge is 0.382 e. The monoisotopic (exact) mass is 374 g/mol. The lowest BCUT2D eigenvalue weighted by Gasteiger charge is -2.08. The van der Waals surface area contributed by atoms with Crippen molar-refractivity contribution < 1.29 is 0 Å². The van der Waals surface area contributed by atoms with Gasteiger partial charge in [-0.2, -0.15) is 9.97 Å². The Kier molecular flexibility index (Phi) is 5.78. The zero-order valence-corrected chi connectivity index (χ0v) is 15.5. The van der Waals surface area contributed by atoms with Gasteiger partial charge in [0.25, 0.3) is 0 Å². The molecule has 0 saturated heterocycles. The lowest BCUT2D eigenvalue weighted by molar-refractivity contribution is 0.740. The van der Waals surface area contributed by atoms with Gasteiger partial charge in [0.15, 0.2) is 11.5 Å². The molecule has 0 spiro atoms. The zero-order valence-electron chi connectivity index (χ0n) is 14.8. The van der Waals surface area contributed by atoms with E-state index in [1.165, 1.54) is 0 Å². The highest BCUT2D eigenvalue weighted by molar-refractivity contribution is 6.17. The first kappa shape index (κ1) is 18.3. The molecule has 0 fully saturated rings. The first-order valence-corrected chi connectivity index (χ1v) is 9.29. The Balaban J connectivity index is 1.89. The van der Waals surface area contributed by atoms with Crippen molar-refractivity contribution in [3.63, 3.8) is 0 Å². The molecule has 26 heavy (non-hydrogen) atoms. The highest BCUT2D eigenvalue weighted by Gasteiger charge is 2.14. The summed E-state index contributed by atoms with van der Waals surface area (Å²) in [5, 5.41) is 3.18. The summed E-state index contributed by atoms with van der Waals surface area (Å²) in [4.78, 5) is 23.9. The minimum Gasteiger partial charge on any atom is -0.382 e. The molecule has 3 rings (SSSR count).